The molecule has 0 spiro atoms. The zero-order chi connectivity index (χ0) is 16.4. The van der Waals surface area contributed by atoms with E-state index in [0.29, 0.717) is 18.2 Å². The van der Waals surface area contributed by atoms with Gasteiger partial charge in [0.1, 0.15) is 12.2 Å². The van der Waals surface area contributed by atoms with Gasteiger partial charge in [0.15, 0.2) is 0 Å². The van der Waals surface area contributed by atoms with Crippen LogP contribution >= 0.6 is 0 Å². The maximum Gasteiger partial charge on any atom is 0.272 e. The largest absolute Gasteiger partial charge is 0.389 e. The van der Waals surface area contributed by atoms with E-state index in [2.05, 4.69) is 5.10 Å². The number of hydrogen-bond donors (Lipinski definition) is 1. The van der Waals surface area contributed by atoms with Crippen molar-refractivity contribution in [3.63, 3.8) is 0 Å². The zero-order valence-corrected chi connectivity index (χ0v) is 13.6. The van der Waals surface area contributed by atoms with Gasteiger partial charge in [-0.05, 0) is 18.9 Å². The Hall–Kier alpha value is -1.89. The molecule has 2 rings (SSSR count). The first kappa shape index (κ1) is 16.5. The van der Waals surface area contributed by atoms with E-state index in [0.717, 1.165) is 5.69 Å². The normalized spacial score (nSPS) is 19.7. The highest BCUT2D eigenvalue weighted by molar-refractivity contribution is 5.95. The standard InChI is InChI=1S/C15H24N4O3/c1-10(2)6-18-7-12(20)8-19(9-14(18)21)15(22)13-5-11(3)16-17(13)4/h5,10,12,20H,6-9H2,1-4H3. The molecule has 1 fully saturated rings. The molecule has 1 N–H and O–H groups in total. The maximum atomic E-state index is 12.6. The third-order valence-electron chi connectivity index (χ3n) is 3.63. The van der Waals surface area contributed by atoms with Crippen molar-refractivity contribution in [3.05, 3.63) is 17.5 Å². The monoisotopic (exact) mass is 308 g/mol. The van der Waals surface area contributed by atoms with Gasteiger partial charge in [0.25, 0.3) is 5.91 Å². The van der Waals surface area contributed by atoms with Gasteiger partial charge in [-0.2, -0.15) is 5.10 Å². The lowest BCUT2D eigenvalue weighted by Gasteiger charge is -2.23. The highest BCUT2D eigenvalue weighted by Gasteiger charge is 2.31. The number of aryl methyl sites for hydroxylation is 2. The van der Waals surface area contributed by atoms with E-state index < -0.39 is 6.10 Å². The lowest BCUT2D eigenvalue weighted by atomic mass is 10.2. The van der Waals surface area contributed by atoms with Gasteiger partial charge in [0.05, 0.1) is 11.8 Å². The second kappa shape index (κ2) is 6.48. The minimum Gasteiger partial charge on any atom is -0.389 e. The summed E-state index contributed by atoms with van der Waals surface area (Å²) in [6, 6.07) is 1.69. The molecular formula is C15H24N4O3. The Morgan fingerprint density at radius 1 is 1.45 bits per heavy atom. The predicted molar refractivity (Wildman–Crippen MR) is 81.3 cm³/mol. The number of carbonyl (C=O) groups excluding carboxylic acids is 2. The molecule has 1 aromatic heterocycles. The molecule has 0 aliphatic carbocycles. The van der Waals surface area contributed by atoms with Crippen molar-refractivity contribution in [2.24, 2.45) is 13.0 Å². The van der Waals surface area contributed by atoms with E-state index in [1.807, 2.05) is 20.8 Å². The van der Waals surface area contributed by atoms with Crippen molar-refractivity contribution in [1.82, 2.24) is 19.6 Å². The molecule has 0 saturated carbocycles. The van der Waals surface area contributed by atoms with E-state index in [1.54, 1.807) is 18.0 Å². The molecule has 7 nitrogen and oxygen atoms in total. The molecule has 1 aliphatic heterocycles. The number of aliphatic hydroxyl groups is 1. The van der Waals surface area contributed by atoms with Crippen molar-refractivity contribution >= 4 is 11.8 Å². The third-order valence-corrected chi connectivity index (χ3v) is 3.63. The third kappa shape index (κ3) is 3.65. The first-order valence-electron chi connectivity index (χ1n) is 7.53. The maximum absolute atomic E-state index is 12.6. The fourth-order valence-electron chi connectivity index (χ4n) is 2.74. The van der Waals surface area contributed by atoms with Crippen LogP contribution in [0.25, 0.3) is 0 Å². The Balaban J connectivity index is 2.17. The van der Waals surface area contributed by atoms with Gasteiger partial charge in [-0.3, -0.25) is 14.3 Å². The minimum absolute atomic E-state index is 0.00710. The first-order valence-corrected chi connectivity index (χ1v) is 7.53. The smallest absolute Gasteiger partial charge is 0.272 e. The van der Waals surface area contributed by atoms with Crippen LogP contribution in [0.4, 0.5) is 0 Å². The summed E-state index contributed by atoms with van der Waals surface area (Å²) in [5.41, 5.74) is 1.17. The van der Waals surface area contributed by atoms with Crippen LogP contribution in [-0.2, 0) is 11.8 Å². The van der Waals surface area contributed by atoms with Gasteiger partial charge in [-0.15, -0.1) is 0 Å². The van der Waals surface area contributed by atoms with E-state index in [-0.39, 0.29) is 31.4 Å². The summed E-state index contributed by atoms with van der Waals surface area (Å²) < 4.78 is 1.51. The number of amides is 2. The summed E-state index contributed by atoms with van der Waals surface area (Å²) in [4.78, 5) is 28.0. The summed E-state index contributed by atoms with van der Waals surface area (Å²) in [6.07, 6.45) is -0.733. The lowest BCUT2D eigenvalue weighted by Crippen LogP contribution is -2.41. The van der Waals surface area contributed by atoms with Crippen LogP contribution in [0.2, 0.25) is 0 Å². The Kier molecular flexibility index (Phi) is 4.85. The topological polar surface area (TPSA) is 78.7 Å². The van der Waals surface area contributed by atoms with Crippen LogP contribution in [0.1, 0.15) is 30.0 Å². The van der Waals surface area contributed by atoms with Crippen molar-refractivity contribution in [1.29, 1.82) is 0 Å². The van der Waals surface area contributed by atoms with Crippen LogP contribution < -0.4 is 0 Å². The molecule has 0 radical (unpaired) electrons. The average molecular weight is 308 g/mol. The molecule has 122 valence electrons. The van der Waals surface area contributed by atoms with Gasteiger partial charge in [0, 0.05) is 26.7 Å². The number of hydrogen-bond acceptors (Lipinski definition) is 4. The number of aromatic nitrogens is 2. The molecule has 1 aliphatic rings. The van der Waals surface area contributed by atoms with Crippen LogP contribution in [0.5, 0.6) is 0 Å². The molecule has 7 heteroatoms. The van der Waals surface area contributed by atoms with Gasteiger partial charge in [-0.1, -0.05) is 13.8 Å². The molecule has 1 atom stereocenters. The summed E-state index contributed by atoms with van der Waals surface area (Å²) in [5.74, 6) is -0.0856. The van der Waals surface area contributed by atoms with E-state index in [9.17, 15) is 14.7 Å². The second-order valence-electron chi connectivity index (χ2n) is 6.33. The molecular weight excluding hydrogens is 284 g/mol. The fraction of sp³-hybridized carbons (Fsp3) is 0.667. The Morgan fingerprint density at radius 3 is 2.68 bits per heavy atom. The number of nitrogens with zero attached hydrogens (tertiary/aromatic N) is 4. The molecule has 1 aromatic rings. The van der Waals surface area contributed by atoms with Crippen LogP contribution in [0, 0.1) is 12.8 Å². The van der Waals surface area contributed by atoms with E-state index >= 15 is 0 Å². The van der Waals surface area contributed by atoms with Crippen molar-refractivity contribution in [2.45, 2.75) is 26.9 Å². The van der Waals surface area contributed by atoms with Crippen molar-refractivity contribution < 1.29 is 14.7 Å². The Labute approximate surface area is 130 Å². The SMILES string of the molecule is Cc1cc(C(=O)N2CC(=O)N(CC(C)C)CC(O)C2)n(C)n1. The van der Waals surface area contributed by atoms with Gasteiger partial charge >= 0.3 is 0 Å². The summed E-state index contributed by atoms with van der Waals surface area (Å²) in [5, 5.41) is 14.3. The number of β-amino-alcohol motifs (C(OH)–C–C–N with tert-alkyl or cyclic N) is 1. The summed E-state index contributed by atoms with van der Waals surface area (Å²) >= 11 is 0. The van der Waals surface area contributed by atoms with E-state index in [1.165, 1.54) is 9.58 Å². The van der Waals surface area contributed by atoms with Crippen molar-refractivity contribution in [2.75, 3.05) is 26.2 Å². The second-order valence-corrected chi connectivity index (χ2v) is 6.33. The summed E-state index contributed by atoms with van der Waals surface area (Å²) in [6.45, 7) is 6.85. The van der Waals surface area contributed by atoms with Gasteiger partial charge in [0.2, 0.25) is 5.91 Å². The molecule has 0 bridgehead atoms. The highest BCUT2D eigenvalue weighted by Crippen LogP contribution is 2.12. The molecule has 0 aromatic carbocycles. The fourth-order valence-corrected chi connectivity index (χ4v) is 2.74. The summed E-state index contributed by atoms with van der Waals surface area (Å²) in [7, 11) is 1.70. The molecule has 1 saturated heterocycles. The number of carbonyl (C=O) groups is 2. The molecule has 1 unspecified atom stereocenters. The van der Waals surface area contributed by atoms with Crippen LogP contribution in [0.3, 0.4) is 0 Å². The molecule has 22 heavy (non-hydrogen) atoms. The zero-order valence-electron chi connectivity index (χ0n) is 13.6. The van der Waals surface area contributed by atoms with E-state index in [4.69, 9.17) is 0 Å². The Morgan fingerprint density at radius 2 is 2.14 bits per heavy atom. The minimum atomic E-state index is -0.733. The van der Waals surface area contributed by atoms with Crippen LogP contribution in [-0.4, -0.2) is 68.8 Å². The lowest BCUT2D eigenvalue weighted by molar-refractivity contribution is -0.131. The van der Waals surface area contributed by atoms with Gasteiger partial charge in [-0.25, -0.2) is 0 Å². The molecule has 2 amide bonds. The van der Waals surface area contributed by atoms with Crippen LogP contribution in [0.15, 0.2) is 6.07 Å². The number of rotatable bonds is 3. The average Bonchev–Trinajstić information content (AvgIpc) is 2.67. The first-order chi connectivity index (χ1) is 10.3. The number of aliphatic hydroxyl groups excluding tert-OH is 1. The van der Waals surface area contributed by atoms with Crippen molar-refractivity contribution in [3.8, 4) is 0 Å². The Bertz CT molecular complexity index is 567. The van der Waals surface area contributed by atoms with Gasteiger partial charge < -0.3 is 14.9 Å². The predicted octanol–water partition coefficient (Wildman–Crippen LogP) is 0.0298. The quantitative estimate of drug-likeness (QED) is 0.854. The highest BCUT2D eigenvalue weighted by atomic mass is 16.3. The molecule has 2 heterocycles.